The molecule has 2 aromatic rings. The van der Waals surface area contributed by atoms with Gasteiger partial charge in [0.2, 0.25) is 0 Å². The van der Waals surface area contributed by atoms with E-state index in [-0.39, 0.29) is 17.6 Å². The number of nitrogens with zero attached hydrogens (tertiary/aromatic N) is 3. The van der Waals surface area contributed by atoms with Crippen molar-refractivity contribution in [1.82, 2.24) is 14.7 Å². The molecule has 0 aliphatic carbocycles. The third kappa shape index (κ3) is 6.96. The minimum Gasteiger partial charge on any atom is -0.377 e. The number of carbonyl (C=O) groups excluding carboxylic acids is 1. The maximum Gasteiger partial charge on any atom is 0.188 e. The third-order valence-corrected chi connectivity index (χ3v) is 7.23. The molecule has 0 amide bonds. The molecular weight excluding hydrogens is 477 g/mol. The van der Waals surface area contributed by atoms with Gasteiger partial charge in [0.05, 0.1) is 0 Å². The van der Waals surface area contributed by atoms with Crippen molar-refractivity contribution in [3.05, 3.63) is 82.3 Å². The van der Waals surface area contributed by atoms with Crippen molar-refractivity contribution in [3.63, 3.8) is 0 Å². The second-order valence-corrected chi connectivity index (χ2v) is 10.3. The van der Waals surface area contributed by atoms with Gasteiger partial charge in [0.15, 0.2) is 5.78 Å². The van der Waals surface area contributed by atoms with Crippen molar-refractivity contribution in [2.45, 2.75) is 38.0 Å². The Morgan fingerprint density at radius 3 is 2.58 bits per heavy atom. The van der Waals surface area contributed by atoms with Gasteiger partial charge in [-0.3, -0.25) is 9.69 Å². The summed E-state index contributed by atoms with van der Waals surface area (Å²) in [6.07, 6.45) is 4.60. The van der Waals surface area contributed by atoms with Gasteiger partial charge in [-0.05, 0) is 49.9 Å². The van der Waals surface area contributed by atoms with E-state index in [1.807, 2.05) is 25.4 Å². The number of aliphatic hydroxyl groups is 1. The topological polar surface area (TPSA) is 47.0 Å². The van der Waals surface area contributed by atoms with E-state index in [0.29, 0.717) is 29.0 Å². The molecule has 4 rings (SSSR count). The Morgan fingerprint density at radius 2 is 1.89 bits per heavy atom. The number of carbonyl (C=O) groups is 1. The number of likely N-dealkylation sites (tertiary alicyclic amines) is 1. The molecule has 1 N–H and O–H groups in total. The molecule has 36 heavy (non-hydrogen) atoms. The van der Waals surface area contributed by atoms with Crippen molar-refractivity contribution < 1.29 is 14.3 Å². The Morgan fingerprint density at radius 1 is 1.17 bits per heavy atom. The van der Waals surface area contributed by atoms with Crippen LogP contribution in [-0.2, 0) is 6.54 Å². The molecule has 190 valence electrons. The molecule has 2 aliphatic heterocycles. The first-order valence-corrected chi connectivity index (χ1v) is 12.8. The molecule has 0 saturated carbocycles. The van der Waals surface area contributed by atoms with Crippen molar-refractivity contribution in [2.75, 3.05) is 39.8 Å². The number of piperazine rings is 1. The van der Waals surface area contributed by atoms with Gasteiger partial charge in [-0.15, -0.1) is 0 Å². The summed E-state index contributed by atoms with van der Waals surface area (Å²) in [5, 5.41) is 11.3. The highest BCUT2D eigenvalue weighted by Crippen LogP contribution is 2.22. The van der Waals surface area contributed by atoms with Crippen molar-refractivity contribution in [2.24, 2.45) is 0 Å². The van der Waals surface area contributed by atoms with Crippen LogP contribution in [0.3, 0.4) is 0 Å². The van der Waals surface area contributed by atoms with Crippen molar-refractivity contribution >= 4 is 17.4 Å². The standard InChI is InChI=1S/C29H33ClFN3O2/c1-22-20-33(21-23-3-6-26(31)7-4-23)17-18-34(22)14-10-28(35)27-8-5-25(30)19-24(27)9-11-29(36)12-15-32(2)16-13-29/h3-8,10,14,19,22,36H,12-13,15-18,20-21H2,1-2H3/b14-10+/t22-/m0/s1. The first kappa shape index (κ1) is 26.4. The van der Waals surface area contributed by atoms with Crippen molar-refractivity contribution in [3.8, 4) is 11.8 Å². The van der Waals surface area contributed by atoms with E-state index in [9.17, 15) is 14.3 Å². The lowest BCUT2D eigenvalue weighted by Crippen LogP contribution is -2.49. The van der Waals surface area contributed by atoms with Gasteiger partial charge in [0, 0.05) is 86.6 Å². The fourth-order valence-electron chi connectivity index (χ4n) is 4.65. The van der Waals surface area contributed by atoms with Gasteiger partial charge in [-0.2, -0.15) is 0 Å². The normalized spacial score (nSPS) is 20.8. The molecule has 0 unspecified atom stereocenters. The summed E-state index contributed by atoms with van der Waals surface area (Å²) >= 11 is 6.20. The van der Waals surface area contributed by atoms with Gasteiger partial charge in [-0.25, -0.2) is 4.39 Å². The highest BCUT2D eigenvalue weighted by atomic mass is 35.5. The predicted molar refractivity (Wildman–Crippen MR) is 141 cm³/mol. The Labute approximate surface area is 218 Å². The van der Waals surface area contributed by atoms with E-state index in [2.05, 4.69) is 33.5 Å². The van der Waals surface area contributed by atoms with Crippen LogP contribution in [0.15, 0.2) is 54.7 Å². The summed E-state index contributed by atoms with van der Waals surface area (Å²) in [5.41, 5.74) is 1.04. The SMILES string of the molecule is C[C@H]1CN(Cc2ccc(F)cc2)CCN1/C=C/C(=O)c1ccc(Cl)cc1C#CC1(O)CCN(C)CC1. The van der Waals surface area contributed by atoms with E-state index >= 15 is 0 Å². The summed E-state index contributed by atoms with van der Waals surface area (Å²) in [4.78, 5) is 19.8. The quantitative estimate of drug-likeness (QED) is 0.372. The summed E-state index contributed by atoms with van der Waals surface area (Å²) in [7, 11) is 2.03. The summed E-state index contributed by atoms with van der Waals surface area (Å²) < 4.78 is 13.2. The van der Waals surface area contributed by atoms with Crippen molar-refractivity contribution in [1.29, 1.82) is 0 Å². The maximum absolute atomic E-state index is 13.2. The Balaban J connectivity index is 1.40. The molecule has 5 nitrogen and oxygen atoms in total. The van der Waals surface area contributed by atoms with Gasteiger partial charge in [-0.1, -0.05) is 35.6 Å². The zero-order chi connectivity index (χ0) is 25.7. The lowest BCUT2D eigenvalue weighted by molar-refractivity contribution is 0.0350. The van der Waals surface area contributed by atoms with E-state index in [1.165, 1.54) is 12.1 Å². The van der Waals surface area contributed by atoms with Crippen LogP contribution in [0.25, 0.3) is 0 Å². The summed E-state index contributed by atoms with van der Waals surface area (Å²) in [5.74, 6) is 5.67. The number of piperidine rings is 1. The molecule has 0 bridgehead atoms. The van der Waals surface area contributed by atoms with Gasteiger partial charge in [0.1, 0.15) is 11.4 Å². The average Bonchev–Trinajstić information content (AvgIpc) is 2.86. The smallest absolute Gasteiger partial charge is 0.188 e. The Bertz CT molecular complexity index is 1160. The van der Waals surface area contributed by atoms with Gasteiger partial charge in [0.25, 0.3) is 0 Å². The number of rotatable bonds is 5. The largest absolute Gasteiger partial charge is 0.377 e. The first-order chi connectivity index (χ1) is 17.2. The highest BCUT2D eigenvalue weighted by Gasteiger charge is 2.29. The van der Waals surface area contributed by atoms with Crippen LogP contribution in [0.5, 0.6) is 0 Å². The Hall–Kier alpha value is -2.69. The van der Waals surface area contributed by atoms with E-state index < -0.39 is 5.60 Å². The predicted octanol–water partition coefficient (Wildman–Crippen LogP) is 4.19. The number of hydrogen-bond acceptors (Lipinski definition) is 5. The number of hydrogen-bond donors (Lipinski definition) is 1. The average molecular weight is 510 g/mol. The zero-order valence-corrected chi connectivity index (χ0v) is 21.6. The molecule has 1 atom stereocenters. The monoisotopic (exact) mass is 509 g/mol. The molecule has 2 aromatic carbocycles. The number of benzene rings is 2. The minimum absolute atomic E-state index is 0.146. The lowest BCUT2D eigenvalue weighted by atomic mass is 9.91. The second kappa shape index (κ2) is 11.6. The first-order valence-electron chi connectivity index (χ1n) is 12.4. The molecule has 0 radical (unpaired) electrons. The number of halogens is 2. The third-order valence-electron chi connectivity index (χ3n) is 6.99. The summed E-state index contributed by atoms with van der Waals surface area (Å²) in [6, 6.07) is 11.9. The number of ketones is 1. The maximum atomic E-state index is 13.2. The van der Waals surface area contributed by atoms with Crippen LogP contribution in [0.4, 0.5) is 4.39 Å². The molecule has 2 heterocycles. The molecule has 0 aromatic heterocycles. The van der Waals surface area contributed by atoms with Gasteiger partial charge < -0.3 is 14.9 Å². The van der Waals surface area contributed by atoms with Crippen LogP contribution in [0.1, 0.15) is 41.3 Å². The fraction of sp³-hybridized carbons (Fsp3) is 0.414. The van der Waals surface area contributed by atoms with Gasteiger partial charge >= 0.3 is 0 Å². The van der Waals surface area contributed by atoms with Crippen LogP contribution in [0, 0.1) is 17.7 Å². The zero-order valence-electron chi connectivity index (χ0n) is 20.9. The molecule has 2 fully saturated rings. The van der Waals surface area contributed by atoms with E-state index in [1.54, 1.807) is 24.3 Å². The number of allylic oxidation sites excluding steroid dienone is 1. The van der Waals surface area contributed by atoms with Crippen LogP contribution < -0.4 is 0 Å². The second-order valence-electron chi connectivity index (χ2n) is 9.90. The van der Waals surface area contributed by atoms with Crippen LogP contribution >= 0.6 is 11.6 Å². The highest BCUT2D eigenvalue weighted by molar-refractivity contribution is 6.30. The molecule has 2 saturated heterocycles. The van der Waals surface area contributed by atoms with Crippen LogP contribution in [0.2, 0.25) is 5.02 Å². The Kier molecular flexibility index (Phi) is 8.48. The van der Waals surface area contributed by atoms with Crippen LogP contribution in [-0.4, -0.2) is 77.0 Å². The minimum atomic E-state index is -1.05. The molecule has 7 heteroatoms. The molecular formula is C29H33ClFN3O2. The lowest BCUT2D eigenvalue weighted by Gasteiger charge is -2.39. The van der Waals surface area contributed by atoms with E-state index in [0.717, 1.165) is 44.8 Å². The summed E-state index contributed by atoms with van der Waals surface area (Å²) in [6.45, 7) is 6.97. The molecule has 2 aliphatic rings. The molecule has 0 spiro atoms. The fourth-order valence-corrected chi connectivity index (χ4v) is 4.82. The van der Waals surface area contributed by atoms with E-state index in [4.69, 9.17) is 11.6 Å².